The molecule has 1 aromatic carbocycles. The predicted molar refractivity (Wildman–Crippen MR) is 121 cm³/mol. The molecule has 0 N–H and O–H groups in total. The van der Waals surface area contributed by atoms with E-state index < -0.39 is 5.82 Å². The highest BCUT2D eigenvalue weighted by Gasteiger charge is 2.30. The first-order chi connectivity index (χ1) is 14.7. The number of unbranched alkanes of at least 4 members (excludes halogenated alkanes) is 2. The van der Waals surface area contributed by atoms with Gasteiger partial charge in [0.1, 0.15) is 24.2 Å². The molecule has 0 bridgehead atoms. The zero-order valence-electron chi connectivity index (χ0n) is 18.6. The highest BCUT2D eigenvalue weighted by atomic mass is 19.1. The van der Waals surface area contributed by atoms with Crippen LogP contribution in [0.4, 0.5) is 4.39 Å². The molecule has 0 spiro atoms. The van der Waals surface area contributed by atoms with Crippen LogP contribution in [-0.2, 0) is 0 Å². The van der Waals surface area contributed by atoms with E-state index in [2.05, 4.69) is 19.1 Å². The molecule has 0 saturated heterocycles. The number of hydrogen-bond acceptors (Lipinski definition) is 2. The van der Waals surface area contributed by atoms with Crippen molar-refractivity contribution in [3.63, 3.8) is 0 Å². The van der Waals surface area contributed by atoms with Crippen molar-refractivity contribution in [3.05, 3.63) is 41.7 Å². The minimum Gasteiger partial charge on any atom is -0.489 e. The third kappa shape index (κ3) is 6.86. The summed E-state index contributed by atoms with van der Waals surface area (Å²) in [7, 11) is 0. The van der Waals surface area contributed by atoms with Crippen molar-refractivity contribution in [1.29, 1.82) is 5.26 Å². The van der Waals surface area contributed by atoms with Crippen LogP contribution in [0.5, 0.6) is 5.75 Å². The second-order valence-electron chi connectivity index (χ2n) is 9.46. The molecular weight excluding hydrogens is 373 g/mol. The first-order valence-electron chi connectivity index (χ1n) is 12.2. The molecule has 30 heavy (non-hydrogen) atoms. The zero-order chi connectivity index (χ0) is 21.2. The smallest absolute Gasteiger partial charge is 0.144 e. The number of nitriles is 1. The lowest BCUT2D eigenvalue weighted by molar-refractivity contribution is 0.143. The third-order valence-corrected chi connectivity index (χ3v) is 7.34. The predicted octanol–water partition coefficient (Wildman–Crippen LogP) is 7.83. The molecule has 0 aromatic heterocycles. The average molecular weight is 412 g/mol. The second-order valence-corrected chi connectivity index (χ2v) is 9.46. The molecular formula is C27H38FNO. The Hall–Kier alpha value is -1.82. The van der Waals surface area contributed by atoms with Crippen molar-refractivity contribution < 1.29 is 9.13 Å². The second kappa shape index (κ2) is 12.1. The van der Waals surface area contributed by atoms with Gasteiger partial charge in [0.2, 0.25) is 0 Å². The van der Waals surface area contributed by atoms with Crippen LogP contribution in [0, 0.1) is 40.8 Å². The lowest BCUT2D eigenvalue weighted by atomic mass is 9.68. The van der Waals surface area contributed by atoms with Gasteiger partial charge in [0, 0.05) is 6.07 Å². The van der Waals surface area contributed by atoms with Crippen LogP contribution in [0.3, 0.4) is 0 Å². The Morgan fingerprint density at radius 2 is 1.93 bits per heavy atom. The van der Waals surface area contributed by atoms with Crippen LogP contribution in [0.1, 0.15) is 89.5 Å². The van der Waals surface area contributed by atoms with Gasteiger partial charge in [-0.1, -0.05) is 64.0 Å². The molecule has 2 saturated carbocycles. The minimum atomic E-state index is -0.521. The molecule has 1 aromatic rings. The van der Waals surface area contributed by atoms with E-state index in [1.807, 2.05) is 6.07 Å². The van der Waals surface area contributed by atoms with E-state index in [-0.39, 0.29) is 5.56 Å². The van der Waals surface area contributed by atoms with Gasteiger partial charge >= 0.3 is 0 Å². The summed E-state index contributed by atoms with van der Waals surface area (Å²) in [6.45, 7) is 2.75. The summed E-state index contributed by atoms with van der Waals surface area (Å²) in [6, 6.07) is 6.24. The molecule has 2 aliphatic carbocycles. The average Bonchev–Trinajstić information content (AvgIpc) is 2.78. The van der Waals surface area contributed by atoms with Gasteiger partial charge in [-0.25, -0.2) is 4.39 Å². The molecule has 2 fully saturated rings. The molecule has 0 heterocycles. The quantitative estimate of drug-likeness (QED) is 0.306. The first-order valence-corrected chi connectivity index (χ1v) is 12.2. The largest absolute Gasteiger partial charge is 0.489 e. The van der Waals surface area contributed by atoms with Gasteiger partial charge in [-0.2, -0.15) is 5.26 Å². The minimum absolute atomic E-state index is 0.0555. The van der Waals surface area contributed by atoms with Gasteiger partial charge < -0.3 is 4.74 Å². The maximum Gasteiger partial charge on any atom is 0.144 e. The SMILES string of the molecule is CCCCCC1CCCC(C2CCC(/C=C/COc3ccc(C#N)c(F)c3)CC2)C1. The first kappa shape index (κ1) is 22.9. The third-order valence-electron chi connectivity index (χ3n) is 7.34. The van der Waals surface area contributed by atoms with E-state index >= 15 is 0 Å². The summed E-state index contributed by atoms with van der Waals surface area (Å²) >= 11 is 0. The maximum atomic E-state index is 13.6. The topological polar surface area (TPSA) is 33.0 Å². The van der Waals surface area contributed by atoms with Gasteiger partial charge in [-0.15, -0.1) is 0 Å². The van der Waals surface area contributed by atoms with Crippen molar-refractivity contribution in [2.75, 3.05) is 6.61 Å². The number of rotatable bonds is 9. The number of benzene rings is 1. The number of allylic oxidation sites excluding steroid dienone is 1. The van der Waals surface area contributed by atoms with Crippen molar-refractivity contribution in [3.8, 4) is 11.8 Å². The number of ether oxygens (including phenoxy) is 1. The molecule has 0 aliphatic heterocycles. The van der Waals surface area contributed by atoms with Gasteiger partial charge in [0.05, 0.1) is 5.56 Å². The van der Waals surface area contributed by atoms with Crippen molar-refractivity contribution in [1.82, 2.24) is 0 Å². The Morgan fingerprint density at radius 3 is 2.67 bits per heavy atom. The summed E-state index contributed by atoms with van der Waals surface area (Å²) in [5.74, 6) is 3.54. The lowest BCUT2D eigenvalue weighted by Gasteiger charge is -2.38. The van der Waals surface area contributed by atoms with Crippen LogP contribution in [0.25, 0.3) is 0 Å². The Balaban J connectivity index is 1.36. The summed E-state index contributed by atoms with van der Waals surface area (Å²) in [5.41, 5.74) is 0.0555. The van der Waals surface area contributed by atoms with Crippen molar-refractivity contribution in [2.24, 2.45) is 23.7 Å². The van der Waals surface area contributed by atoms with Gasteiger partial charge in [-0.05, 0) is 67.9 Å². The number of halogens is 1. The molecule has 3 heteroatoms. The summed E-state index contributed by atoms with van der Waals surface area (Å²) in [6.07, 6.45) is 21.2. The fourth-order valence-corrected chi connectivity index (χ4v) is 5.58. The zero-order valence-corrected chi connectivity index (χ0v) is 18.6. The molecule has 3 rings (SSSR count). The molecule has 0 radical (unpaired) electrons. The molecule has 2 nitrogen and oxygen atoms in total. The summed E-state index contributed by atoms with van der Waals surface area (Å²) < 4.78 is 19.2. The Morgan fingerprint density at radius 1 is 1.10 bits per heavy atom. The van der Waals surface area contributed by atoms with E-state index in [1.165, 1.54) is 89.2 Å². The molecule has 2 unspecified atom stereocenters. The molecule has 2 aliphatic rings. The number of nitrogens with zero attached hydrogens (tertiary/aromatic N) is 1. The highest BCUT2D eigenvalue weighted by Crippen LogP contribution is 2.43. The van der Waals surface area contributed by atoms with Crippen LogP contribution < -0.4 is 4.74 Å². The van der Waals surface area contributed by atoms with Crippen molar-refractivity contribution in [2.45, 2.75) is 84.0 Å². The Bertz CT molecular complexity index is 714. The van der Waals surface area contributed by atoms with Crippen LogP contribution in [-0.4, -0.2) is 6.61 Å². The van der Waals surface area contributed by atoms with Crippen LogP contribution >= 0.6 is 0 Å². The molecule has 164 valence electrons. The summed E-state index contributed by atoms with van der Waals surface area (Å²) in [4.78, 5) is 0. The highest BCUT2D eigenvalue weighted by molar-refractivity contribution is 5.36. The fraction of sp³-hybridized carbons (Fsp3) is 0.667. The van der Waals surface area contributed by atoms with E-state index in [9.17, 15) is 4.39 Å². The standard InChI is InChI=1S/C27H38FNO/c1-2-3-4-7-22-8-5-10-24(18-22)23-13-11-21(12-14-23)9-6-17-30-26-16-15-25(20-29)27(28)19-26/h6,9,15-16,19,21-24H,2-5,7-8,10-14,17-18H2,1H3/b9-6+. The van der Waals surface area contributed by atoms with E-state index in [0.717, 1.165) is 17.8 Å². The van der Waals surface area contributed by atoms with E-state index in [1.54, 1.807) is 6.07 Å². The summed E-state index contributed by atoms with van der Waals surface area (Å²) in [5, 5.41) is 8.78. The fourth-order valence-electron chi connectivity index (χ4n) is 5.58. The van der Waals surface area contributed by atoms with Gasteiger partial charge in [0.15, 0.2) is 0 Å². The normalized spacial score (nSPS) is 27.1. The maximum absolute atomic E-state index is 13.6. The Kier molecular flexibility index (Phi) is 9.25. The van der Waals surface area contributed by atoms with E-state index in [0.29, 0.717) is 18.3 Å². The van der Waals surface area contributed by atoms with E-state index in [4.69, 9.17) is 10.00 Å². The molecule has 2 atom stereocenters. The van der Waals surface area contributed by atoms with Crippen LogP contribution in [0.2, 0.25) is 0 Å². The van der Waals surface area contributed by atoms with Crippen molar-refractivity contribution >= 4 is 0 Å². The van der Waals surface area contributed by atoms with Gasteiger partial charge in [0.25, 0.3) is 0 Å². The lowest BCUT2D eigenvalue weighted by Crippen LogP contribution is -2.26. The Labute approximate surface area is 182 Å². The number of hydrogen-bond donors (Lipinski definition) is 0. The van der Waals surface area contributed by atoms with Crippen LogP contribution in [0.15, 0.2) is 30.4 Å². The monoisotopic (exact) mass is 411 g/mol. The molecule has 0 amide bonds. The van der Waals surface area contributed by atoms with Gasteiger partial charge in [-0.3, -0.25) is 0 Å².